The van der Waals surface area contributed by atoms with Crippen molar-refractivity contribution in [1.82, 2.24) is 0 Å². The van der Waals surface area contributed by atoms with E-state index >= 15 is 0 Å². The van der Waals surface area contributed by atoms with Crippen LogP contribution in [0.5, 0.6) is 0 Å². The summed E-state index contributed by atoms with van der Waals surface area (Å²) in [4.78, 5) is 10.7. The minimum Gasteiger partial charge on any atom is -0.460 e. The van der Waals surface area contributed by atoms with Gasteiger partial charge in [-0.15, -0.1) is 6.58 Å². The van der Waals surface area contributed by atoms with Gasteiger partial charge in [-0.3, -0.25) is 4.79 Å². The van der Waals surface area contributed by atoms with Crippen molar-refractivity contribution in [3.05, 3.63) is 12.7 Å². The normalized spacial score (nSPS) is 12.2. The van der Waals surface area contributed by atoms with Crippen molar-refractivity contribution in [2.24, 2.45) is 0 Å². The van der Waals surface area contributed by atoms with Crippen molar-refractivity contribution in [3.8, 4) is 0 Å². The van der Waals surface area contributed by atoms with E-state index in [1.165, 1.54) is 6.92 Å². The Kier molecular flexibility index (Phi) is 7.30. The second-order valence-electron chi connectivity index (χ2n) is 2.85. The monoisotopic (exact) mass is 186 g/mol. The minimum atomic E-state index is -0.249. The first-order valence-electron chi connectivity index (χ1n) is 4.56. The molecule has 13 heavy (non-hydrogen) atoms. The second-order valence-corrected chi connectivity index (χ2v) is 2.85. The van der Waals surface area contributed by atoms with Crippen molar-refractivity contribution in [2.75, 3.05) is 13.2 Å². The van der Waals surface area contributed by atoms with E-state index < -0.39 is 0 Å². The van der Waals surface area contributed by atoms with Gasteiger partial charge in [0.2, 0.25) is 0 Å². The summed E-state index contributed by atoms with van der Waals surface area (Å²) < 4.78 is 10.2. The number of ether oxygens (including phenoxy) is 2. The maximum absolute atomic E-state index is 10.7. The van der Waals surface area contributed by atoms with Gasteiger partial charge in [-0.2, -0.15) is 0 Å². The summed E-state index contributed by atoms with van der Waals surface area (Å²) in [5.41, 5.74) is 0. The molecule has 0 aromatic carbocycles. The molecule has 0 saturated heterocycles. The minimum absolute atomic E-state index is 0.109. The average Bonchev–Trinajstić information content (AvgIpc) is 2.04. The largest absolute Gasteiger partial charge is 0.460 e. The Morgan fingerprint density at radius 3 is 2.77 bits per heavy atom. The van der Waals surface area contributed by atoms with Crippen LogP contribution in [0, 0.1) is 0 Å². The smallest absolute Gasteiger partial charge is 0.302 e. The van der Waals surface area contributed by atoms with E-state index in [9.17, 15) is 4.79 Å². The first-order valence-corrected chi connectivity index (χ1v) is 4.56. The summed E-state index contributed by atoms with van der Waals surface area (Å²) in [6, 6.07) is 0. The van der Waals surface area contributed by atoms with Crippen molar-refractivity contribution in [2.45, 2.75) is 32.8 Å². The summed E-state index contributed by atoms with van der Waals surface area (Å²) in [6.07, 6.45) is 3.39. The average molecular weight is 186 g/mol. The Morgan fingerprint density at radius 2 is 2.31 bits per heavy atom. The van der Waals surface area contributed by atoms with Gasteiger partial charge in [-0.25, -0.2) is 0 Å². The van der Waals surface area contributed by atoms with Gasteiger partial charge in [-0.05, 0) is 6.42 Å². The molecular weight excluding hydrogens is 168 g/mol. The zero-order valence-corrected chi connectivity index (χ0v) is 8.41. The summed E-state index contributed by atoms with van der Waals surface area (Å²) in [5.74, 6) is -0.249. The number of hydrogen-bond acceptors (Lipinski definition) is 3. The van der Waals surface area contributed by atoms with Crippen LogP contribution >= 0.6 is 0 Å². The van der Waals surface area contributed by atoms with Gasteiger partial charge in [0.15, 0.2) is 0 Å². The lowest BCUT2D eigenvalue weighted by Gasteiger charge is -2.15. The molecule has 0 heterocycles. The lowest BCUT2D eigenvalue weighted by atomic mass is 10.2. The number of carbonyl (C=O) groups excluding carboxylic acids is 1. The highest BCUT2D eigenvalue weighted by Gasteiger charge is 2.10. The van der Waals surface area contributed by atoms with Crippen molar-refractivity contribution < 1.29 is 14.3 Å². The second kappa shape index (κ2) is 7.80. The van der Waals surface area contributed by atoms with Crippen LogP contribution in [0.15, 0.2) is 12.7 Å². The molecule has 0 amide bonds. The maximum atomic E-state index is 10.7. The fourth-order valence-electron chi connectivity index (χ4n) is 1.02. The first kappa shape index (κ1) is 12.2. The molecule has 0 bridgehead atoms. The molecule has 0 radical (unpaired) electrons. The van der Waals surface area contributed by atoms with Crippen LogP contribution in [-0.2, 0) is 14.3 Å². The van der Waals surface area contributed by atoms with E-state index in [-0.39, 0.29) is 12.1 Å². The number of hydrogen-bond donors (Lipinski definition) is 0. The lowest BCUT2D eigenvalue weighted by molar-refractivity contribution is -0.149. The third-order valence-electron chi connectivity index (χ3n) is 1.48. The standard InChI is InChI=1S/C10H18O3/c1-4-6-10(13-9(3)11)8-12-7-5-2/h5,10H,2,4,6-8H2,1,3H3. The van der Waals surface area contributed by atoms with E-state index in [4.69, 9.17) is 9.47 Å². The molecule has 3 heteroatoms. The highest BCUT2D eigenvalue weighted by molar-refractivity contribution is 5.66. The van der Waals surface area contributed by atoms with Crippen LogP contribution < -0.4 is 0 Å². The van der Waals surface area contributed by atoms with Gasteiger partial charge in [-0.1, -0.05) is 19.4 Å². The van der Waals surface area contributed by atoms with Crippen LogP contribution in [0.1, 0.15) is 26.7 Å². The van der Waals surface area contributed by atoms with Crippen molar-refractivity contribution >= 4 is 5.97 Å². The lowest BCUT2D eigenvalue weighted by Crippen LogP contribution is -2.22. The molecule has 0 aliphatic carbocycles. The molecule has 1 atom stereocenters. The molecule has 0 aromatic rings. The molecule has 0 saturated carbocycles. The number of esters is 1. The van der Waals surface area contributed by atoms with Crippen LogP contribution in [0.2, 0.25) is 0 Å². The molecule has 0 fully saturated rings. The summed E-state index contributed by atoms with van der Waals surface area (Å²) in [5, 5.41) is 0. The van der Waals surface area contributed by atoms with Gasteiger partial charge < -0.3 is 9.47 Å². The van der Waals surface area contributed by atoms with Crippen molar-refractivity contribution in [1.29, 1.82) is 0 Å². The molecule has 0 aliphatic rings. The van der Waals surface area contributed by atoms with Gasteiger partial charge in [0, 0.05) is 6.92 Å². The molecular formula is C10H18O3. The molecule has 0 aliphatic heterocycles. The van der Waals surface area contributed by atoms with Gasteiger partial charge in [0.05, 0.1) is 13.2 Å². The third-order valence-corrected chi connectivity index (χ3v) is 1.48. The Balaban J connectivity index is 3.65. The maximum Gasteiger partial charge on any atom is 0.302 e. The topological polar surface area (TPSA) is 35.5 Å². The zero-order chi connectivity index (χ0) is 10.1. The fraction of sp³-hybridized carbons (Fsp3) is 0.700. The summed E-state index contributed by atoms with van der Waals surface area (Å²) >= 11 is 0. The zero-order valence-electron chi connectivity index (χ0n) is 8.41. The van der Waals surface area contributed by atoms with Gasteiger partial charge in [0.1, 0.15) is 6.10 Å². The van der Waals surface area contributed by atoms with E-state index in [0.29, 0.717) is 13.2 Å². The molecule has 0 N–H and O–H groups in total. The molecule has 0 aromatic heterocycles. The van der Waals surface area contributed by atoms with Gasteiger partial charge in [0.25, 0.3) is 0 Å². The quantitative estimate of drug-likeness (QED) is 0.346. The summed E-state index contributed by atoms with van der Waals surface area (Å²) in [6.45, 7) is 7.95. The van der Waals surface area contributed by atoms with E-state index in [2.05, 4.69) is 6.58 Å². The summed E-state index contributed by atoms with van der Waals surface area (Å²) in [7, 11) is 0. The van der Waals surface area contributed by atoms with Gasteiger partial charge >= 0.3 is 5.97 Å². The predicted octanol–water partition coefficient (Wildman–Crippen LogP) is 1.92. The highest BCUT2D eigenvalue weighted by Crippen LogP contribution is 2.03. The van der Waals surface area contributed by atoms with Crippen molar-refractivity contribution in [3.63, 3.8) is 0 Å². The van der Waals surface area contributed by atoms with E-state index in [0.717, 1.165) is 12.8 Å². The third kappa shape index (κ3) is 7.53. The van der Waals surface area contributed by atoms with E-state index in [1.54, 1.807) is 6.08 Å². The molecule has 76 valence electrons. The van der Waals surface area contributed by atoms with Crippen LogP contribution in [-0.4, -0.2) is 25.3 Å². The number of carbonyl (C=O) groups is 1. The van der Waals surface area contributed by atoms with E-state index in [1.807, 2.05) is 6.92 Å². The molecule has 1 unspecified atom stereocenters. The predicted molar refractivity (Wildman–Crippen MR) is 51.5 cm³/mol. The van der Waals surface area contributed by atoms with Crippen LogP contribution in [0.25, 0.3) is 0 Å². The molecule has 3 nitrogen and oxygen atoms in total. The molecule has 0 spiro atoms. The Hall–Kier alpha value is -0.830. The van der Waals surface area contributed by atoms with Crippen LogP contribution in [0.4, 0.5) is 0 Å². The van der Waals surface area contributed by atoms with Crippen LogP contribution in [0.3, 0.4) is 0 Å². The Morgan fingerprint density at radius 1 is 1.62 bits per heavy atom. The fourth-order valence-corrected chi connectivity index (χ4v) is 1.02. The highest BCUT2D eigenvalue weighted by atomic mass is 16.6. The Bertz CT molecular complexity index is 154. The number of rotatable bonds is 7. The molecule has 0 rings (SSSR count). The first-order chi connectivity index (χ1) is 6.20. The Labute approximate surface area is 79.7 Å². The SMILES string of the molecule is C=CCOCC(CCC)OC(C)=O.